The summed E-state index contributed by atoms with van der Waals surface area (Å²) in [6.07, 6.45) is 2.93. The van der Waals surface area contributed by atoms with E-state index in [2.05, 4.69) is 47.0 Å². The molecule has 3 N–H and O–H groups in total. The number of nitrogens with two attached hydrogens (primary N) is 1. The summed E-state index contributed by atoms with van der Waals surface area (Å²) in [7, 11) is 0. The fourth-order valence-electron chi connectivity index (χ4n) is 1.82. The van der Waals surface area contributed by atoms with Gasteiger partial charge in [0.05, 0.1) is 11.2 Å². The third-order valence-electron chi connectivity index (χ3n) is 3.56. The Morgan fingerprint density at radius 3 is 2.79 bits per heavy atom. The molecule has 0 aliphatic carbocycles. The van der Waals surface area contributed by atoms with E-state index in [0.29, 0.717) is 0 Å². The largest absolute Gasteiger partial charge is 0.398 e. The highest BCUT2D eigenvalue weighted by Gasteiger charge is 2.15. The van der Waals surface area contributed by atoms with Crippen molar-refractivity contribution in [1.82, 2.24) is 4.98 Å². The number of benzene rings is 1. The number of aromatic nitrogens is 1. The number of rotatable bonds is 4. The minimum absolute atomic E-state index is 0.267. The van der Waals surface area contributed by atoms with Crippen molar-refractivity contribution in [3.8, 4) is 0 Å². The van der Waals surface area contributed by atoms with Gasteiger partial charge >= 0.3 is 0 Å². The van der Waals surface area contributed by atoms with Crippen molar-refractivity contribution in [3.63, 3.8) is 0 Å². The van der Waals surface area contributed by atoms with Gasteiger partial charge in [0.1, 0.15) is 0 Å². The normalized spacial score (nSPS) is 11.8. The minimum atomic E-state index is 0.267. The second kappa shape index (κ2) is 5.37. The smallest absolute Gasteiger partial charge is 0.0954 e. The Bertz CT molecular complexity index is 593. The molecule has 2 aromatic rings. The highest BCUT2D eigenvalue weighted by atomic mass is 79.9. The Hall–Kier alpha value is -1.29. The maximum absolute atomic E-state index is 6.01. The summed E-state index contributed by atoms with van der Waals surface area (Å²) in [5.41, 5.74) is 9.00. The molecule has 19 heavy (non-hydrogen) atoms. The number of pyridine rings is 1. The molecule has 0 spiro atoms. The molecular formula is C15H20BrN3. The number of nitrogens with one attached hydrogen (secondary N) is 1. The zero-order valence-electron chi connectivity index (χ0n) is 11.6. The Balaban J connectivity index is 2.37. The van der Waals surface area contributed by atoms with Crippen LogP contribution in [-0.2, 0) is 0 Å². The highest BCUT2D eigenvalue weighted by Crippen LogP contribution is 2.30. The summed E-state index contributed by atoms with van der Waals surface area (Å²) in [5, 5.41) is 4.47. The molecule has 0 fully saturated rings. The average Bonchev–Trinajstić information content (AvgIpc) is 2.38. The Morgan fingerprint density at radius 2 is 2.11 bits per heavy atom. The van der Waals surface area contributed by atoms with Gasteiger partial charge in [0.2, 0.25) is 0 Å². The van der Waals surface area contributed by atoms with Gasteiger partial charge in [-0.3, -0.25) is 4.98 Å². The summed E-state index contributed by atoms with van der Waals surface area (Å²) < 4.78 is 0.942. The molecule has 4 heteroatoms. The highest BCUT2D eigenvalue weighted by molar-refractivity contribution is 9.10. The molecule has 0 radical (unpaired) electrons. The molecule has 0 unspecified atom stereocenters. The molecule has 0 aliphatic heterocycles. The van der Waals surface area contributed by atoms with Gasteiger partial charge in [0.15, 0.2) is 0 Å². The summed E-state index contributed by atoms with van der Waals surface area (Å²) in [4.78, 5) is 4.48. The van der Waals surface area contributed by atoms with E-state index >= 15 is 0 Å². The first-order valence-corrected chi connectivity index (χ1v) is 7.30. The predicted molar refractivity (Wildman–Crippen MR) is 86.4 cm³/mol. The summed E-state index contributed by atoms with van der Waals surface area (Å²) in [5.74, 6) is 0. The second-order valence-electron chi connectivity index (χ2n) is 5.62. The van der Waals surface area contributed by atoms with E-state index in [1.165, 1.54) is 0 Å². The van der Waals surface area contributed by atoms with Gasteiger partial charge in [-0.05, 0) is 46.0 Å². The van der Waals surface area contributed by atoms with Crippen LogP contribution in [0.4, 0.5) is 11.4 Å². The fraction of sp³-hybridized carbons (Fsp3) is 0.400. The molecule has 1 aromatic carbocycles. The van der Waals surface area contributed by atoms with E-state index in [1.54, 1.807) is 6.20 Å². The zero-order chi connectivity index (χ0) is 14.0. The zero-order valence-corrected chi connectivity index (χ0v) is 13.2. The van der Waals surface area contributed by atoms with Crippen molar-refractivity contribution >= 4 is 38.2 Å². The molecular weight excluding hydrogens is 302 g/mol. The molecule has 0 saturated heterocycles. The lowest BCUT2D eigenvalue weighted by Gasteiger charge is -2.24. The van der Waals surface area contributed by atoms with E-state index in [9.17, 15) is 0 Å². The Morgan fingerprint density at radius 1 is 1.37 bits per heavy atom. The second-order valence-corrected chi connectivity index (χ2v) is 6.54. The van der Waals surface area contributed by atoms with E-state index in [4.69, 9.17) is 5.73 Å². The molecule has 2 rings (SSSR count). The van der Waals surface area contributed by atoms with Crippen LogP contribution >= 0.6 is 15.9 Å². The van der Waals surface area contributed by atoms with Gasteiger partial charge in [-0.2, -0.15) is 0 Å². The van der Waals surface area contributed by atoms with Gasteiger partial charge in [-0.25, -0.2) is 0 Å². The van der Waals surface area contributed by atoms with E-state index in [-0.39, 0.29) is 5.41 Å². The molecule has 0 aliphatic rings. The third kappa shape index (κ3) is 3.18. The average molecular weight is 322 g/mol. The van der Waals surface area contributed by atoms with Gasteiger partial charge < -0.3 is 11.1 Å². The lowest BCUT2D eigenvalue weighted by atomic mass is 9.90. The van der Waals surface area contributed by atoms with Crippen molar-refractivity contribution in [2.24, 2.45) is 5.41 Å². The van der Waals surface area contributed by atoms with Crippen LogP contribution in [-0.4, -0.2) is 11.5 Å². The van der Waals surface area contributed by atoms with E-state index < -0.39 is 0 Å². The first-order valence-electron chi connectivity index (χ1n) is 6.50. The van der Waals surface area contributed by atoms with Crippen molar-refractivity contribution in [3.05, 3.63) is 28.9 Å². The Labute approximate surface area is 122 Å². The molecule has 3 nitrogen and oxygen atoms in total. The lowest BCUT2D eigenvalue weighted by molar-refractivity contribution is 0.377. The van der Waals surface area contributed by atoms with Gasteiger partial charge in [-0.1, -0.05) is 20.8 Å². The van der Waals surface area contributed by atoms with Crippen LogP contribution in [0.1, 0.15) is 27.2 Å². The number of anilines is 2. The monoisotopic (exact) mass is 321 g/mol. The van der Waals surface area contributed by atoms with Crippen molar-refractivity contribution in [2.45, 2.75) is 27.2 Å². The quantitative estimate of drug-likeness (QED) is 0.819. The number of halogens is 1. The van der Waals surface area contributed by atoms with Crippen LogP contribution in [0.3, 0.4) is 0 Å². The molecule has 0 amide bonds. The summed E-state index contributed by atoms with van der Waals surface area (Å²) >= 11 is 3.43. The van der Waals surface area contributed by atoms with Crippen LogP contribution in [0.25, 0.3) is 10.9 Å². The molecule has 1 aromatic heterocycles. The third-order valence-corrected chi connectivity index (χ3v) is 4.00. The molecule has 1 heterocycles. The molecule has 0 bridgehead atoms. The number of nitrogen functional groups attached to an aromatic ring is 1. The summed E-state index contributed by atoms with van der Waals surface area (Å²) in [6, 6.07) is 5.94. The fourth-order valence-corrected chi connectivity index (χ4v) is 2.15. The minimum Gasteiger partial charge on any atom is -0.398 e. The number of hydrogen-bond donors (Lipinski definition) is 2. The predicted octanol–water partition coefficient (Wildman–Crippen LogP) is 4.43. The number of nitrogens with zero attached hydrogens (tertiary/aromatic N) is 1. The molecule has 0 atom stereocenters. The van der Waals surface area contributed by atoms with Crippen LogP contribution in [0.2, 0.25) is 0 Å². The topological polar surface area (TPSA) is 50.9 Å². The maximum atomic E-state index is 6.01. The van der Waals surface area contributed by atoms with Crippen molar-refractivity contribution < 1.29 is 0 Å². The van der Waals surface area contributed by atoms with Crippen molar-refractivity contribution in [1.29, 1.82) is 0 Å². The van der Waals surface area contributed by atoms with Gasteiger partial charge in [0, 0.05) is 28.3 Å². The molecule has 0 saturated carbocycles. The standard InChI is InChI=1S/C15H20BrN3/c1-4-15(2,3)9-19-13-6-5-12(17)11-7-10(16)8-18-14(11)13/h5-8,19H,4,9,17H2,1-3H3. The lowest BCUT2D eigenvalue weighted by Crippen LogP contribution is -2.22. The van der Waals surface area contributed by atoms with Crippen LogP contribution in [0, 0.1) is 5.41 Å². The number of hydrogen-bond acceptors (Lipinski definition) is 3. The van der Waals surface area contributed by atoms with Crippen molar-refractivity contribution in [2.75, 3.05) is 17.6 Å². The maximum Gasteiger partial charge on any atom is 0.0954 e. The first-order chi connectivity index (χ1) is 8.93. The van der Waals surface area contributed by atoms with Crippen LogP contribution in [0.15, 0.2) is 28.9 Å². The Kier molecular flexibility index (Phi) is 3.99. The first kappa shape index (κ1) is 14.1. The van der Waals surface area contributed by atoms with Gasteiger partial charge in [-0.15, -0.1) is 0 Å². The SMILES string of the molecule is CCC(C)(C)CNc1ccc(N)c2cc(Br)cnc12. The van der Waals surface area contributed by atoms with Crippen LogP contribution in [0.5, 0.6) is 0 Å². The van der Waals surface area contributed by atoms with Gasteiger partial charge in [0.25, 0.3) is 0 Å². The van der Waals surface area contributed by atoms with E-state index in [1.807, 2.05) is 18.2 Å². The molecule has 102 valence electrons. The van der Waals surface area contributed by atoms with E-state index in [0.717, 1.165) is 39.7 Å². The number of fused-ring (bicyclic) bond motifs is 1. The van der Waals surface area contributed by atoms with Crippen LogP contribution < -0.4 is 11.1 Å². The summed E-state index contributed by atoms with van der Waals surface area (Å²) in [6.45, 7) is 7.63.